The molecule has 3 rings (SSSR count). The van der Waals surface area contributed by atoms with Crippen LogP contribution < -0.4 is 11.1 Å². The van der Waals surface area contributed by atoms with Gasteiger partial charge in [-0.15, -0.1) is 0 Å². The lowest BCUT2D eigenvalue weighted by Crippen LogP contribution is -2.18. The summed E-state index contributed by atoms with van der Waals surface area (Å²) in [6, 6.07) is 5.51. The van der Waals surface area contributed by atoms with E-state index in [2.05, 4.69) is 10.5 Å². The van der Waals surface area contributed by atoms with Gasteiger partial charge in [0, 0.05) is 16.5 Å². The molecule has 26 heavy (non-hydrogen) atoms. The van der Waals surface area contributed by atoms with Crippen molar-refractivity contribution in [3.8, 4) is 11.3 Å². The zero-order valence-corrected chi connectivity index (χ0v) is 13.6. The highest BCUT2D eigenvalue weighted by Crippen LogP contribution is 2.31. The van der Waals surface area contributed by atoms with Crippen molar-refractivity contribution in [1.29, 1.82) is 0 Å². The molecule has 0 aliphatic rings. The van der Waals surface area contributed by atoms with Crippen molar-refractivity contribution < 1.29 is 27.3 Å². The van der Waals surface area contributed by atoms with Crippen LogP contribution in [0.5, 0.6) is 0 Å². The molecule has 0 aliphatic carbocycles. The number of hydrogen-bond donors (Lipinski definition) is 2. The summed E-state index contributed by atoms with van der Waals surface area (Å²) < 4.78 is 43.3. The predicted octanol–water partition coefficient (Wildman–Crippen LogP) is 3.77. The van der Waals surface area contributed by atoms with E-state index in [4.69, 9.17) is 10.3 Å². The zero-order valence-electron chi connectivity index (χ0n) is 12.8. The van der Waals surface area contributed by atoms with Crippen LogP contribution in [0.15, 0.2) is 45.6 Å². The van der Waals surface area contributed by atoms with Gasteiger partial charge in [-0.2, -0.15) is 24.5 Å². The molecule has 2 heterocycles. The molecule has 2 aromatic heterocycles. The average Bonchev–Trinajstić information content (AvgIpc) is 3.23. The number of nitrogens with zero attached hydrogens (tertiary/aromatic N) is 1. The Hall–Kier alpha value is -3.14. The quantitative estimate of drug-likeness (QED) is 0.719. The molecule has 2 amide bonds. The van der Waals surface area contributed by atoms with Crippen molar-refractivity contribution in [3.63, 3.8) is 0 Å². The van der Waals surface area contributed by atoms with Gasteiger partial charge in [-0.1, -0.05) is 11.2 Å². The van der Waals surface area contributed by atoms with Crippen molar-refractivity contribution in [2.75, 3.05) is 5.32 Å². The number of thiophene rings is 1. The maximum absolute atomic E-state index is 12.8. The number of amides is 2. The maximum Gasteiger partial charge on any atom is 0.416 e. The van der Waals surface area contributed by atoms with Gasteiger partial charge >= 0.3 is 6.18 Å². The smallest absolute Gasteiger partial charge is 0.365 e. The summed E-state index contributed by atoms with van der Waals surface area (Å²) in [4.78, 5) is 24.0. The van der Waals surface area contributed by atoms with E-state index in [0.717, 1.165) is 12.1 Å². The van der Waals surface area contributed by atoms with Gasteiger partial charge in [0.05, 0.1) is 5.56 Å². The summed E-state index contributed by atoms with van der Waals surface area (Å²) >= 11 is 1.35. The minimum Gasteiger partial charge on any atom is -0.365 e. The van der Waals surface area contributed by atoms with Crippen LogP contribution in [0, 0.1) is 0 Å². The van der Waals surface area contributed by atoms with Crippen LogP contribution in [0.4, 0.5) is 19.1 Å². The number of anilines is 1. The van der Waals surface area contributed by atoms with E-state index < -0.39 is 23.6 Å². The van der Waals surface area contributed by atoms with Gasteiger partial charge in [0.15, 0.2) is 0 Å². The van der Waals surface area contributed by atoms with E-state index in [0.29, 0.717) is 11.6 Å². The highest BCUT2D eigenvalue weighted by molar-refractivity contribution is 7.08. The fourth-order valence-electron chi connectivity index (χ4n) is 2.21. The number of rotatable bonds is 4. The maximum atomic E-state index is 12.8. The van der Waals surface area contributed by atoms with Crippen molar-refractivity contribution in [1.82, 2.24) is 5.16 Å². The van der Waals surface area contributed by atoms with Gasteiger partial charge in [-0.25, -0.2) is 0 Å². The first kappa shape index (κ1) is 17.7. The number of hydrogen-bond acceptors (Lipinski definition) is 5. The lowest BCUT2D eigenvalue weighted by atomic mass is 10.1. The number of halogens is 3. The van der Waals surface area contributed by atoms with Crippen molar-refractivity contribution >= 4 is 29.0 Å². The highest BCUT2D eigenvalue weighted by Gasteiger charge is 2.31. The van der Waals surface area contributed by atoms with Crippen LogP contribution in [0.3, 0.4) is 0 Å². The molecule has 6 nitrogen and oxygen atoms in total. The second-order valence-corrected chi connectivity index (χ2v) is 5.92. The summed E-state index contributed by atoms with van der Waals surface area (Å²) in [5, 5.41) is 9.40. The molecule has 10 heteroatoms. The molecule has 0 fully saturated rings. The third-order valence-electron chi connectivity index (χ3n) is 3.41. The topological polar surface area (TPSA) is 98.2 Å². The third kappa shape index (κ3) is 3.45. The van der Waals surface area contributed by atoms with Crippen molar-refractivity contribution in [2.45, 2.75) is 6.18 Å². The van der Waals surface area contributed by atoms with Gasteiger partial charge in [-0.05, 0) is 29.6 Å². The number of carbonyl (C=O) groups excluding carboxylic acids is 2. The van der Waals surface area contributed by atoms with E-state index in [-0.39, 0.29) is 22.7 Å². The molecule has 0 unspecified atom stereocenters. The van der Waals surface area contributed by atoms with Crippen LogP contribution >= 0.6 is 11.3 Å². The summed E-state index contributed by atoms with van der Waals surface area (Å²) in [6.07, 6.45) is -4.59. The Balaban J connectivity index is 1.92. The Morgan fingerprint density at radius 2 is 2.00 bits per heavy atom. The van der Waals surface area contributed by atoms with E-state index >= 15 is 0 Å². The summed E-state index contributed by atoms with van der Waals surface area (Å²) in [7, 11) is 0. The summed E-state index contributed by atoms with van der Waals surface area (Å²) in [5.74, 6) is -2.13. The van der Waals surface area contributed by atoms with E-state index in [1.807, 2.05) is 0 Å². The molecule has 0 aliphatic heterocycles. The molecule has 0 saturated heterocycles. The molecule has 3 N–H and O–H groups in total. The minimum absolute atomic E-state index is 0.137. The lowest BCUT2D eigenvalue weighted by Gasteiger charge is -2.08. The van der Waals surface area contributed by atoms with Crippen LogP contribution in [-0.4, -0.2) is 17.0 Å². The standard InChI is InChI=1S/C16H10F3N3O3S/c17-16(18,19)10-3-1-2-8(6-10)14(24)21-15-11(13(20)23)12(22-25-15)9-4-5-26-7-9/h1-7H,(H2,20,23)(H,21,24). The first-order chi connectivity index (χ1) is 12.3. The molecule has 134 valence electrons. The fourth-order valence-corrected chi connectivity index (χ4v) is 2.85. The molecule has 3 aromatic rings. The number of nitrogens with one attached hydrogen (secondary N) is 1. The minimum atomic E-state index is -4.59. The molecule has 0 atom stereocenters. The summed E-state index contributed by atoms with van der Waals surface area (Å²) in [5.41, 5.74) is 4.63. The number of nitrogens with two attached hydrogens (primary N) is 1. The molecule has 1 aromatic carbocycles. The first-order valence-corrected chi connectivity index (χ1v) is 8.02. The monoisotopic (exact) mass is 381 g/mol. The van der Waals surface area contributed by atoms with Crippen molar-refractivity contribution in [3.05, 3.63) is 57.8 Å². The number of benzene rings is 1. The Morgan fingerprint density at radius 3 is 2.62 bits per heavy atom. The van der Waals surface area contributed by atoms with E-state index in [1.54, 1.807) is 16.8 Å². The van der Waals surface area contributed by atoms with Gasteiger partial charge in [0.25, 0.3) is 11.8 Å². The summed E-state index contributed by atoms with van der Waals surface area (Å²) in [6.45, 7) is 0. The van der Waals surface area contributed by atoms with E-state index in [9.17, 15) is 22.8 Å². The van der Waals surface area contributed by atoms with Crippen LogP contribution in [0.2, 0.25) is 0 Å². The first-order valence-electron chi connectivity index (χ1n) is 7.08. The van der Waals surface area contributed by atoms with Gasteiger partial charge in [0.2, 0.25) is 5.88 Å². The molecule has 0 bridgehead atoms. The molecular weight excluding hydrogens is 371 g/mol. The Bertz CT molecular complexity index is 965. The van der Waals surface area contributed by atoms with E-state index in [1.165, 1.54) is 17.4 Å². The Morgan fingerprint density at radius 1 is 1.23 bits per heavy atom. The number of alkyl halides is 3. The van der Waals surface area contributed by atoms with Gasteiger partial charge < -0.3 is 10.3 Å². The number of aromatic nitrogens is 1. The lowest BCUT2D eigenvalue weighted by molar-refractivity contribution is -0.137. The largest absolute Gasteiger partial charge is 0.416 e. The highest BCUT2D eigenvalue weighted by atomic mass is 32.1. The van der Waals surface area contributed by atoms with Crippen molar-refractivity contribution in [2.24, 2.45) is 5.73 Å². The normalized spacial score (nSPS) is 11.3. The SMILES string of the molecule is NC(=O)c1c(-c2ccsc2)noc1NC(=O)c1cccc(C(F)(F)F)c1. The van der Waals surface area contributed by atoms with Crippen LogP contribution in [-0.2, 0) is 6.18 Å². The van der Waals surface area contributed by atoms with Gasteiger partial charge in [0.1, 0.15) is 11.3 Å². The predicted molar refractivity (Wildman–Crippen MR) is 87.7 cm³/mol. The number of primary amides is 1. The fraction of sp³-hybridized carbons (Fsp3) is 0.0625. The van der Waals surface area contributed by atoms with Crippen LogP contribution in [0.25, 0.3) is 11.3 Å². The molecule has 0 radical (unpaired) electrons. The molecular formula is C16H10F3N3O3S. The molecule has 0 spiro atoms. The second kappa shape index (κ2) is 6.64. The number of carbonyl (C=O) groups is 2. The Labute approximate surface area is 148 Å². The second-order valence-electron chi connectivity index (χ2n) is 5.14. The molecule has 0 saturated carbocycles. The Kier molecular flexibility index (Phi) is 4.51. The third-order valence-corrected chi connectivity index (χ3v) is 4.10. The average molecular weight is 381 g/mol. The van der Waals surface area contributed by atoms with Gasteiger partial charge in [-0.3, -0.25) is 14.9 Å². The zero-order chi connectivity index (χ0) is 18.9. The van der Waals surface area contributed by atoms with Crippen LogP contribution in [0.1, 0.15) is 26.3 Å².